The highest BCUT2D eigenvalue weighted by molar-refractivity contribution is 8.04. The Bertz CT molecular complexity index is 1510. The molecule has 1 unspecified atom stereocenters. The van der Waals surface area contributed by atoms with Gasteiger partial charge in [-0.15, -0.1) is 16.8 Å². The SMILES string of the molecule is C=CCN1C(=O)NC(c2ccc(C)cc2)(C(F)(F)F)SC1=C(C#N)c1nnc(N2CCOCC2)n1-c1ccccc1. The molecule has 0 spiro atoms. The molecule has 1 aromatic heterocycles. The van der Waals surface area contributed by atoms with Crippen LogP contribution in [0.5, 0.6) is 0 Å². The van der Waals surface area contributed by atoms with Gasteiger partial charge in [-0.05, 0) is 24.6 Å². The first-order valence-electron chi connectivity index (χ1n) is 12.7. The van der Waals surface area contributed by atoms with Crippen LogP contribution in [0.4, 0.5) is 23.9 Å². The molecule has 41 heavy (non-hydrogen) atoms. The molecule has 212 valence electrons. The number of allylic oxidation sites excluding steroid dienone is 1. The minimum atomic E-state index is -4.93. The topological polar surface area (TPSA) is 99.3 Å². The number of benzene rings is 2. The van der Waals surface area contributed by atoms with Gasteiger partial charge in [-0.2, -0.15) is 18.4 Å². The maximum atomic E-state index is 15.0. The van der Waals surface area contributed by atoms with E-state index in [-0.39, 0.29) is 28.5 Å². The first-order chi connectivity index (χ1) is 19.7. The lowest BCUT2D eigenvalue weighted by molar-refractivity contribution is -0.168. The molecule has 0 radical (unpaired) electrons. The summed E-state index contributed by atoms with van der Waals surface area (Å²) in [6, 6.07) is 15.7. The lowest BCUT2D eigenvalue weighted by Gasteiger charge is -2.44. The lowest BCUT2D eigenvalue weighted by atomic mass is 10.0. The van der Waals surface area contributed by atoms with Crippen LogP contribution >= 0.6 is 11.8 Å². The van der Waals surface area contributed by atoms with Crippen LogP contribution in [0.3, 0.4) is 0 Å². The number of nitrogens with zero attached hydrogens (tertiary/aromatic N) is 6. The fourth-order valence-electron chi connectivity index (χ4n) is 4.64. The van der Waals surface area contributed by atoms with Gasteiger partial charge in [-0.3, -0.25) is 9.47 Å². The van der Waals surface area contributed by atoms with Crippen LogP contribution in [0.2, 0.25) is 0 Å². The van der Waals surface area contributed by atoms with Crippen molar-refractivity contribution in [3.63, 3.8) is 0 Å². The van der Waals surface area contributed by atoms with Crippen LogP contribution in [-0.2, 0) is 9.61 Å². The minimum absolute atomic E-state index is 0.00596. The van der Waals surface area contributed by atoms with Crippen molar-refractivity contribution < 1.29 is 22.7 Å². The maximum Gasteiger partial charge on any atom is 0.425 e. The highest BCUT2D eigenvalue weighted by atomic mass is 32.2. The van der Waals surface area contributed by atoms with Gasteiger partial charge in [0.2, 0.25) is 10.8 Å². The number of alkyl halides is 3. The van der Waals surface area contributed by atoms with Gasteiger partial charge >= 0.3 is 12.2 Å². The summed E-state index contributed by atoms with van der Waals surface area (Å²) in [6.07, 6.45) is -3.55. The highest BCUT2D eigenvalue weighted by Crippen LogP contribution is 2.54. The average molecular weight is 582 g/mol. The van der Waals surface area contributed by atoms with E-state index in [1.165, 1.54) is 18.2 Å². The van der Waals surface area contributed by atoms with Crippen molar-refractivity contribution >= 4 is 29.3 Å². The number of hydrogen-bond acceptors (Lipinski definition) is 7. The summed E-state index contributed by atoms with van der Waals surface area (Å²) in [5, 5.41) is 21.1. The molecule has 5 rings (SSSR count). The maximum absolute atomic E-state index is 15.0. The smallest absolute Gasteiger partial charge is 0.378 e. The zero-order chi connectivity index (χ0) is 29.2. The lowest BCUT2D eigenvalue weighted by Crippen LogP contribution is -2.60. The van der Waals surface area contributed by atoms with Gasteiger partial charge in [0.15, 0.2) is 5.82 Å². The third kappa shape index (κ3) is 5.16. The van der Waals surface area contributed by atoms with Crippen molar-refractivity contribution in [2.45, 2.75) is 18.0 Å². The minimum Gasteiger partial charge on any atom is -0.378 e. The summed E-state index contributed by atoms with van der Waals surface area (Å²) in [4.78, 5) is 13.5. The molecule has 2 aromatic carbocycles. The van der Waals surface area contributed by atoms with E-state index in [1.54, 1.807) is 47.9 Å². The normalized spacial score (nSPS) is 20.8. The summed E-state index contributed by atoms with van der Waals surface area (Å²) in [5.41, 5.74) is 0.943. The Labute approximate surface area is 238 Å². The fraction of sp³-hybridized carbons (Fsp3) is 0.286. The Hall–Kier alpha value is -4.28. The Kier molecular flexibility index (Phi) is 7.79. The predicted octanol–water partition coefficient (Wildman–Crippen LogP) is 4.96. The number of rotatable bonds is 6. The Morgan fingerprint density at radius 1 is 1.17 bits per heavy atom. The van der Waals surface area contributed by atoms with Crippen molar-refractivity contribution in [2.24, 2.45) is 0 Å². The van der Waals surface area contributed by atoms with Crippen molar-refractivity contribution in [3.8, 4) is 11.8 Å². The quantitative estimate of drug-likeness (QED) is 0.324. The number of urea groups is 1. The zero-order valence-electron chi connectivity index (χ0n) is 22.1. The largest absolute Gasteiger partial charge is 0.425 e. The van der Waals surface area contributed by atoms with E-state index in [2.05, 4.69) is 22.1 Å². The van der Waals surface area contributed by atoms with Crippen molar-refractivity contribution in [1.29, 1.82) is 5.26 Å². The Morgan fingerprint density at radius 2 is 1.85 bits per heavy atom. The number of para-hydroxylation sites is 1. The molecule has 9 nitrogen and oxygen atoms in total. The summed E-state index contributed by atoms with van der Waals surface area (Å²) >= 11 is 0.337. The number of amides is 2. The number of anilines is 1. The molecule has 2 aliphatic rings. The molecule has 0 bridgehead atoms. The Balaban J connectivity index is 1.76. The van der Waals surface area contributed by atoms with Gasteiger partial charge in [0.1, 0.15) is 16.7 Å². The molecule has 0 aliphatic carbocycles. The second kappa shape index (κ2) is 11.3. The highest BCUT2D eigenvalue weighted by Gasteiger charge is 2.62. The summed E-state index contributed by atoms with van der Waals surface area (Å²) in [6.45, 7) is 7.19. The van der Waals surface area contributed by atoms with E-state index in [0.717, 1.165) is 10.5 Å². The van der Waals surface area contributed by atoms with Crippen LogP contribution in [0.15, 0.2) is 72.3 Å². The number of thioether (sulfide) groups is 1. The molecule has 3 heterocycles. The second-order valence-electron chi connectivity index (χ2n) is 9.36. The molecule has 3 aromatic rings. The number of nitrogens with one attached hydrogen (secondary N) is 1. The third-order valence-electron chi connectivity index (χ3n) is 6.70. The van der Waals surface area contributed by atoms with Crippen LogP contribution in [-0.4, -0.2) is 64.7 Å². The number of hydrogen-bond donors (Lipinski definition) is 1. The van der Waals surface area contributed by atoms with Gasteiger partial charge in [0.05, 0.1) is 18.9 Å². The number of nitriles is 1. The van der Waals surface area contributed by atoms with Crippen molar-refractivity contribution in [3.05, 3.63) is 89.2 Å². The molecule has 1 N–H and O–H groups in total. The van der Waals surface area contributed by atoms with Crippen LogP contribution in [0, 0.1) is 18.3 Å². The van der Waals surface area contributed by atoms with E-state index in [4.69, 9.17) is 4.74 Å². The van der Waals surface area contributed by atoms with Gasteiger partial charge in [-0.25, -0.2) is 4.79 Å². The number of halogens is 3. The van der Waals surface area contributed by atoms with E-state index >= 15 is 0 Å². The van der Waals surface area contributed by atoms with Crippen molar-refractivity contribution in [2.75, 3.05) is 37.7 Å². The fourth-order valence-corrected chi connectivity index (χ4v) is 5.95. The van der Waals surface area contributed by atoms with Crippen molar-refractivity contribution in [1.82, 2.24) is 25.0 Å². The summed E-state index contributed by atoms with van der Waals surface area (Å²) in [7, 11) is 0. The molecular formula is C28H26F3N7O2S. The van der Waals surface area contributed by atoms with Crippen LogP contribution in [0.1, 0.15) is 17.0 Å². The number of carbonyl (C=O) groups is 1. The molecule has 0 saturated carbocycles. The van der Waals surface area contributed by atoms with Gasteiger partial charge in [0.25, 0.3) is 0 Å². The number of aryl methyl sites for hydroxylation is 1. The monoisotopic (exact) mass is 581 g/mol. The zero-order valence-corrected chi connectivity index (χ0v) is 22.9. The van der Waals surface area contributed by atoms with Gasteiger partial charge in [0, 0.05) is 19.6 Å². The molecule has 2 saturated heterocycles. The van der Waals surface area contributed by atoms with E-state index in [1.807, 2.05) is 17.0 Å². The third-order valence-corrected chi connectivity index (χ3v) is 8.19. The number of morpholine rings is 1. The summed E-state index contributed by atoms with van der Waals surface area (Å²) < 4.78 is 52.0. The van der Waals surface area contributed by atoms with Gasteiger partial charge in [-0.1, -0.05) is 65.9 Å². The number of carbonyl (C=O) groups excluding carboxylic acids is 1. The number of ether oxygens (including phenoxy) is 1. The molecular weight excluding hydrogens is 555 g/mol. The number of aromatic nitrogens is 3. The molecule has 1 atom stereocenters. The van der Waals surface area contributed by atoms with Gasteiger partial charge < -0.3 is 15.0 Å². The Morgan fingerprint density at radius 3 is 2.46 bits per heavy atom. The van der Waals surface area contributed by atoms with Crippen LogP contribution < -0.4 is 10.2 Å². The molecule has 2 aliphatic heterocycles. The summed E-state index contributed by atoms with van der Waals surface area (Å²) in [5.74, 6) is 0.412. The van der Waals surface area contributed by atoms with E-state index in [9.17, 15) is 23.2 Å². The first-order valence-corrected chi connectivity index (χ1v) is 13.5. The second-order valence-corrected chi connectivity index (χ2v) is 10.6. The standard InChI is InChI=1S/C28H26F3N7O2S/c1-3-13-37-24(41-27(28(29,30)31,33-26(37)39)20-11-9-19(2)10-12-20)22(18-32)23-34-35-25(36-14-16-40-17-15-36)38(23)21-7-5-4-6-8-21/h3-12H,1,13-17H2,2H3,(H,33,39). The molecule has 2 amide bonds. The first kappa shape index (κ1) is 28.3. The average Bonchev–Trinajstić information content (AvgIpc) is 3.40. The van der Waals surface area contributed by atoms with Crippen LogP contribution in [0.25, 0.3) is 11.3 Å². The molecule has 2 fully saturated rings. The van der Waals surface area contributed by atoms with E-state index in [0.29, 0.717) is 49.7 Å². The van der Waals surface area contributed by atoms with E-state index < -0.39 is 17.1 Å². The molecule has 13 heteroatoms. The predicted molar refractivity (Wildman–Crippen MR) is 149 cm³/mol.